The molecule has 88 valence electrons. The molecule has 0 saturated heterocycles. The molecule has 2 unspecified atom stereocenters. The van der Waals surface area contributed by atoms with Crippen LogP contribution in [0.15, 0.2) is 18.2 Å². The van der Waals surface area contributed by atoms with Gasteiger partial charge < -0.3 is 5.73 Å². The second kappa shape index (κ2) is 5.01. The third-order valence-electron chi connectivity index (χ3n) is 4.11. The van der Waals surface area contributed by atoms with Crippen molar-refractivity contribution < 1.29 is 0 Å². The van der Waals surface area contributed by atoms with E-state index in [4.69, 9.17) is 5.73 Å². The van der Waals surface area contributed by atoms with Gasteiger partial charge in [0.1, 0.15) is 0 Å². The van der Waals surface area contributed by atoms with Crippen LogP contribution in [0.4, 0.5) is 0 Å². The average Bonchev–Trinajstić information content (AvgIpc) is 2.71. The monoisotopic (exact) mass is 217 g/mol. The molecule has 0 spiro atoms. The Morgan fingerprint density at radius 2 is 1.94 bits per heavy atom. The van der Waals surface area contributed by atoms with Gasteiger partial charge in [-0.2, -0.15) is 0 Å². The highest BCUT2D eigenvalue weighted by Crippen LogP contribution is 2.34. The second-order valence-corrected chi connectivity index (χ2v) is 5.32. The molecule has 1 fully saturated rings. The van der Waals surface area contributed by atoms with E-state index >= 15 is 0 Å². The van der Waals surface area contributed by atoms with Crippen LogP contribution in [0.25, 0.3) is 0 Å². The molecule has 1 aliphatic carbocycles. The summed E-state index contributed by atoms with van der Waals surface area (Å²) in [6.45, 7) is 5.27. The summed E-state index contributed by atoms with van der Waals surface area (Å²) < 4.78 is 0. The summed E-state index contributed by atoms with van der Waals surface area (Å²) in [6, 6.07) is 6.80. The first kappa shape index (κ1) is 11.7. The summed E-state index contributed by atoms with van der Waals surface area (Å²) in [5, 5.41) is 0. The van der Waals surface area contributed by atoms with E-state index in [-0.39, 0.29) is 0 Å². The fourth-order valence-electron chi connectivity index (χ4n) is 3.00. The average molecular weight is 217 g/mol. The van der Waals surface area contributed by atoms with Gasteiger partial charge in [0.2, 0.25) is 0 Å². The molecule has 16 heavy (non-hydrogen) atoms. The van der Waals surface area contributed by atoms with Crippen molar-refractivity contribution in [3.05, 3.63) is 34.9 Å². The molecule has 1 aromatic carbocycles. The van der Waals surface area contributed by atoms with Gasteiger partial charge >= 0.3 is 0 Å². The quantitative estimate of drug-likeness (QED) is 0.826. The van der Waals surface area contributed by atoms with Gasteiger partial charge in [0.25, 0.3) is 0 Å². The zero-order valence-corrected chi connectivity index (χ0v) is 10.5. The minimum Gasteiger partial charge on any atom is -0.330 e. The summed E-state index contributed by atoms with van der Waals surface area (Å²) in [5.74, 6) is 1.59. The second-order valence-electron chi connectivity index (χ2n) is 5.32. The number of aryl methyl sites for hydroxylation is 2. The number of hydrogen-bond donors (Lipinski definition) is 1. The normalized spacial score (nSPS) is 24.9. The highest BCUT2D eigenvalue weighted by molar-refractivity contribution is 5.30. The molecule has 0 heterocycles. The lowest BCUT2D eigenvalue weighted by Gasteiger charge is -2.19. The van der Waals surface area contributed by atoms with Gasteiger partial charge in [-0.25, -0.2) is 0 Å². The van der Waals surface area contributed by atoms with E-state index in [0.717, 1.165) is 18.4 Å². The van der Waals surface area contributed by atoms with E-state index < -0.39 is 0 Å². The first-order valence-electron chi connectivity index (χ1n) is 6.47. The van der Waals surface area contributed by atoms with Crippen molar-refractivity contribution in [2.24, 2.45) is 17.6 Å². The summed E-state index contributed by atoms with van der Waals surface area (Å²) in [6.07, 6.45) is 5.31. The van der Waals surface area contributed by atoms with E-state index in [1.807, 2.05) is 0 Å². The molecule has 2 atom stereocenters. The van der Waals surface area contributed by atoms with Gasteiger partial charge in [0, 0.05) is 0 Å². The predicted octanol–water partition coefficient (Wildman–Crippen LogP) is 3.22. The van der Waals surface area contributed by atoms with Crippen molar-refractivity contribution >= 4 is 0 Å². The number of benzene rings is 1. The number of hydrogen-bond acceptors (Lipinski definition) is 1. The zero-order chi connectivity index (χ0) is 11.5. The third-order valence-corrected chi connectivity index (χ3v) is 4.11. The van der Waals surface area contributed by atoms with Crippen LogP contribution in [0, 0.1) is 25.7 Å². The Morgan fingerprint density at radius 1 is 1.19 bits per heavy atom. The predicted molar refractivity (Wildman–Crippen MR) is 69.5 cm³/mol. The summed E-state index contributed by atoms with van der Waals surface area (Å²) in [5.41, 5.74) is 10.2. The van der Waals surface area contributed by atoms with Gasteiger partial charge in [-0.3, -0.25) is 0 Å². The van der Waals surface area contributed by atoms with Crippen LogP contribution in [0.5, 0.6) is 0 Å². The van der Waals surface area contributed by atoms with Crippen molar-refractivity contribution in [3.63, 3.8) is 0 Å². The minimum atomic E-state index is 0.764. The lowest BCUT2D eigenvalue weighted by atomic mass is 9.88. The van der Waals surface area contributed by atoms with Crippen molar-refractivity contribution in [3.8, 4) is 0 Å². The van der Waals surface area contributed by atoms with Crippen LogP contribution >= 0.6 is 0 Å². The Morgan fingerprint density at radius 3 is 2.69 bits per heavy atom. The molecule has 1 aromatic rings. The minimum absolute atomic E-state index is 0.764. The topological polar surface area (TPSA) is 26.0 Å². The van der Waals surface area contributed by atoms with Crippen LogP contribution < -0.4 is 5.73 Å². The van der Waals surface area contributed by atoms with Crippen molar-refractivity contribution in [2.75, 3.05) is 6.54 Å². The molecule has 0 radical (unpaired) electrons. The van der Waals surface area contributed by atoms with Crippen LogP contribution in [-0.2, 0) is 6.42 Å². The molecular weight excluding hydrogens is 194 g/mol. The largest absolute Gasteiger partial charge is 0.330 e. The highest BCUT2D eigenvalue weighted by atomic mass is 14.6. The first-order chi connectivity index (χ1) is 7.70. The SMILES string of the molecule is Cc1ccc(C)c(CC2CCCC2CN)c1. The van der Waals surface area contributed by atoms with Crippen molar-refractivity contribution in [2.45, 2.75) is 39.5 Å². The van der Waals surface area contributed by atoms with E-state index in [2.05, 4.69) is 32.0 Å². The van der Waals surface area contributed by atoms with Gasteiger partial charge in [-0.05, 0) is 62.6 Å². The zero-order valence-electron chi connectivity index (χ0n) is 10.5. The molecule has 0 aromatic heterocycles. The van der Waals surface area contributed by atoms with Gasteiger partial charge in [0.05, 0.1) is 0 Å². The van der Waals surface area contributed by atoms with E-state index in [1.165, 1.54) is 42.4 Å². The molecule has 1 saturated carbocycles. The van der Waals surface area contributed by atoms with Gasteiger partial charge in [-0.15, -0.1) is 0 Å². The van der Waals surface area contributed by atoms with E-state index in [1.54, 1.807) is 0 Å². The van der Waals surface area contributed by atoms with E-state index in [9.17, 15) is 0 Å². The molecule has 1 heteroatoms. The standard InChI is InChI=1S/C15H23N/c1-11-6-7-12(2)15(8-11)9-13-4-3-5-14(13)10-16/h6-8,13-14H,3-5,9-10,16H2,1-2H3. The number of rotatable bonds is 3. The fourth-order valence-corrected chi connectivity index (χ4v) is 3.00. The Hall–Kier alpha value is -0.820. The lowest BCUT2D eigenvalue weighted by molar-refractivity contribution is 0.394. The van der Waals surface area contributed by atoms with Crippen molar-refractivity contribution in [1.82, 2.24) is 0 Å². The maximum Gasteiger partial charge on any atom is -0.00461 e. The Balaban J connectivity index is 2.11. The molecule has 1 aliphatic rings. The molecule has 1 nitrogen and oxygen atoms in total. The Labute approximate surface area is 99.0 Å². The van der Waals surface area contributed by atoms with Gasteiger partial charge in [-0.1, -0.05) is 30.2 Å². The molecule has 2 rings (SSSR count). The first-order valence-corrected chi connectivity index (χ1v) is 6.47. The van der Waals surface area contributed by atoms with Crippen LogP contribution in [0.3, 0.4) is 0 Å². The van der Waals surface area contributed by atoms with Crippen LogP contribution in [0.1, 0.15) is 36.0 Å². The Kier molecular flexibility index (Phi) is 3.65. The van der Waals surface area contributed by atoms with Crippen LogP contribution in [0.2, 0.25) is 0 Å². The third kappa shape index (κ3) is 2.46. The molecule has 0 amide bonds. The van der Waals surface area contributed by atoms with E-state index in [0.29, 0.717) is 0 Å². The molecule has 2 N–H and O–H groups in total. The maximum atomic E-state index is 5.85. The summed E-state index contributed by atoms with van der Waals surface area (Å²) in [4.78, 5) is 0. The summed E-state index contributed by atoms with van der Waals surface area (Å²) in [7, 11) is 0. The highest BCUT2D eigenvalue weighted by Gasteiger charge is 2.26. The van der Waals surface area contributed by atoms with Crippen molar-refractivity contribution in [1.29, 1.82) is 0 Å². The molecule has 0 bridgehead atoms. The molecule has 0 aliphatic heterocycles. The number of nitrogens with two attached hydrogens (primary N) is 1. The molecular formula is C15H23N. The lowest BCUT2D eigenvalue weighted by Crippen LogP contribution is -2.20. The smallest absolute Gasteiger partial charge is 0.00461 e. The van der Waals surface area contributed by atoms with Crippen LogP contribution in [-0.4, -0.2) is 6.54 Å². The fraction of sp³-hybridized carbons (Fsp3) is 0.600. The summed E-state index contributed by atoms with van der Waals surface area (Å²) >= 11 is 0. The van der Waals surface area contributed by atoms with Gasteiger partial charge in [0.15, 0.2) is 0 Å². The maximum absolute atomic E-state index is 5.85. The Bertz CT molecular complexity index is 356.